The van der Waals surface area contributed by atoms with Gasteiger partial charge in [-0.1, -0.05) is 13.8 Å². The first-order valence-corrected chi connectivity index (χ1v) is 4.48. The second kappa shape index (κ2) is 3.74. The highest BCUT2D eigenvalue weighted by Gasteiger charge is 2.27. The van der Waals surface area contributed by atoms with Gasteiger partial charge in [0.25, 0.3) is 0 Å². The van der Waals surface area contributed by atoms with Gasteiger partial charge in [0, 0.05) is 0 Å². The first-order valence-electron chi connectivity index (χ1n) is 4.48. The van der Waals surface area contributed by atoms with Crippen LogP contribution in [0.1, 0.15) is 39.5 Å². The monoisotopic (exact) mass is 156 g/mol. The second-order valence-electron chi connectivity index (χ2n) is 3.15. The van der Waals surface area contributed by atoms with Gasteiger partial charge in [-0.3, -0.25) is 4.79 Å². The number of cyclic esters (lactones) is 1. The predicted octanol–water partition coefficient (Wildman–Crippen LogP) is 2.13. The van der Waals surface area contributed by atoms with Crippen molar-refractivity contribution in [1.29, 1.82) is 0 Å². The number of carbonyl (C=O) groups is 1. The van der Waals surface area contributed by atoms with E-state index in [1.165, 1.54) is 0 Å². The maximum absolute atomic E-state index is 11.2. The van der Waals surface area contributed by atoms with Crippen molar-refractivity contribution in [3.8, 4) is 0 Å². The van der Waals surface area contributed by atoms with E-state index in [2.05, 4.69) is 6.92 Å². The molecule has 1 aliphatic heterocycles. The van der Waals surface area contributed by atoms with Crippen LogP contribution in [0.5, 0.6) is 0 Å². The van der Waals surface area contributed by atoms with Gasteiger partial charge >= 0.3 is 5.97 Å². The molecule has 2 atom stereocenters. The molecule has 0 aromatic heterocycles. The molecule has 0 amide bonds. The molecule has 0 N–H and O–H groups in total. The molecule has 0 bridgehead atoms. The summed E-state index contributed by atoms with van der Waals surface area (Å²) in [5.74, 6) is 0.198. The third-order valence-electron chi connectivity index (χ3n) is 2.40. The summed E-state index contributed by atoms with van der Waals surface area (Å²) in [4.78, 5) is 11.2. The highest BCUT2D eigenvalue weighted by molar-refractivity contribution is 5.73. The van der Waals surface area contributed by atoms with Crippen molar-refractivity contribution in [2.24, 2.45) is 5.92 Å². The average Bonchev–Trinajstić information content (AvgIpc) is 2.04. The molecule has 1 fully saturated rings. The number of hydrogen-bond donors (Lipinski definition) is 0. The molecule has 0 aliphatic carbocycles. The van der Waals surface area contributed by atoms with E-state index in [-0.39, 0.29) is 18.0 Å². The van der Waals surface area contributed by atoms with Crippen LogP contribution < -0.4 is 0 Å². The van der Waals surface area contributed by atoms with Crippen LogP contribution in [0, 0.1) is 5.92 Å². The Bertz CT molecular complexity index is 142. The van der Waals surface area contributed by atoms with Crippen molar-refractivity contribution in [3.63, 3.8) is 0 Å². The molecule has 0 spiro atoms. The minimum absolute atomic E-state index is 0.0191. The zero-order chi connectivity index (χ0) is 8.27. The largest absolute Gasteiger partial charge is 0.462 e. The topological polar surface area (TPSA) is 26.3 Å². The molecule has 1 rings (SSSR count). The molecular weight excluding hydrogens is 140 g/mol. The zero-order valence-electron chi connectivity index (χ0n) is 7.30. The SMILES string of the molecule is CC[C@@H]1CC[C@@H](CC)C(=O)O1. The van der Waals surface area contributed by atoms with Crippen LogP contribution in [0.3, 0.4) is 0 Å². The second-order valence-corrected chi connectivity index (χ2v) is 3.15. The summed E-state index contributed by atoms with van der Waals surface area (Å²) in [6, 6.07) is 0. The molecule has 2 nitrogen and oxygen atoms in total. The molecule has 0 aromatic carbocycles. The number of esters is 1. The van der Waals surface area contributed by atoms with Gasteiger partial charge < -0.3 is 4.74 Å². The number of hydrogen-bond acceptors (Lipinski definition) is 2. The Balaban J connectivity index is 2.41. The van der Waals surface area contributed by atoms with E-state index < -0.39 is 0 Å². The lowest BCUT2D eigenvalue weighted by molar-refractivity contribution is -0.160. The summed E-state index contributed by atoms with van der Waals surface area (Å²) < 4.78 is 5.20. The molecule has 0 radical (unpaired) electrons. The third kappa shape index (κ3) is 1.95. The minimum atomic E-state index is 0.0191. The average molecular weight is 156 g/mol. The van der Waals surface area contributed by atoms with Gasteiger partial charge in [-0.15, -0.1) is 0 Å². The molecule has 2 heteroatoms. The Morgan fingerprint density at radius 1 is 1.36 bits per heavy atom. The molecule has 11 heavy (non-hydrogen) atoms. The minimum Gasteiger partial charge on any atom is -0.462 e. The van der Waals surface area contributed by atoms with E-state index in [0.717, 1.165) is 25.7 Å². The van der Waals surface area contributed by atoms with Crippen molar-refractivity contribution < 1.29 is 9.53 Å². The summed E-state index contributed by atoms with van der Waals surface area (Å²) in [5, 5.41) is 0. The van der Waals surface area contributed by atoms with Crippen LogP contribution >= 0.6 is 0 Å². The van der Waals surface area contributed by atoms with Crippen molar-refractivity contribution in [1.82, 2.24) is 0 Å². The van der Waals surface area contributed by atoms with Gasteiger partial charge in [-0.25, -0.2) is 0 Å². The van der Waals surface area contributed by atoms with E-state index >= 15 is 0 Å². The van der Waals surface area contributed by atoms with Gasteiger partial charge in [0.2, 0.25) is 0 Å². The maximum atomic E-state index is 11.2. The molecule has 1 aliphatic rings. The molecular formula is C9H16O2. The highest BCUT2D eigenvalue weighted by Crippen LogP contribution is 2.23. The summed E-state index contributed by atoms with van der Waals surface area (Å²) in [6.45, 7) is 4.10. The van der Waals surface area contributed by atoms with E-state index in [9.17, 15) is 4.79 Å². The first kappa shape index (κ1) is 8.57. The van der Waals surface area contributed by atoms with E-state index in [1.54, 1.807) is 0 Å². The molecule has 64 valence electrons. The van der Waals surface area contributed by atoms with Gasteiger partial charge in [-0.2, -0.15) is 0 Å². The van der Waals surface area contributed by atoms with Gasteiger partial charge in [0.05, 0.1) is 5.92 Å². The van der Waals surface area contributed by atoms with Crippen molar-refractivity contribution >= 4 is 5.97 Å². The highest BCUT2D eigenvalue weighted by atomic mass is 16.5. The van der Waals surface area contributed by atoms with Crippen molar-refractivity contribution in [2.75, 3.05) is 0 Å². The fourth-order valence-electron chi connectivity index (χ4n) is 1.48. The zero-order valence-corrected chi connectivity index (χ0v) is 7.30. The van der Waals surface area contributed by atoms with E-state index in [1.807, 2.05) is 6.92 Å². The number of rotatable bonds is 2. The van der Waals surface area contributed by atoms with Crippen LogP contribution in [0.15, 0.2) is 0 Å². The Kier molecular flexibility index (Phi) is 2.92. The summed E-state index contributed by atoms with van der Waals surface area (Å²) in [6.07, 6.45) is 4.16. The maximum Gasteiger partial charge on any atom is 0.309 e. The van der Waals surface area contributed by atoms with Crippen LogP contribution in [-0.4, -0.2) is 12.1 Å². The lowest BCUT2D eigenvalue weighted by atomic mass is 9.95. The lowest BCUT2D eigenvalue weighted by Crippen LogP contribution is -2.30. The fourth-order valence-corrected chi connectivity index (χ4v) is 1.48. The predicted molar refractivity (Wildman–Crippen MR) is 43.2 cm³/mol. The van der Waals surface area contributed by atoms with Crippen LogP contribution in [0.25, 0.3) is 0 Å². The summed E-state index contributed by atoms with van der Waals surface area (Å²) >= 11 is 0. The van der Waals surface area contributed by atoms with E-state index in [0.29, 0.717) is 0 Å². The third-order valence-corrected chi connectivity index (χ3v) is 2.40. The van der Waals surface area contributed by atoms with Crippen LogP contribution in [-0.2, 0) is 9.53 Å². The smallest absolute Gasteiger partial charge is 0.309 e. The quantitative estimate of drug-likeness (QED) is 0.572. The Hall–Kier alpha value is -0.530. The normalized spacial score (nSPS) is 31.6. The Morgan fingerprint density at radius 2 is 2.09 bits per heavy atom. The number of ether oxygens (including phenoxy) is 1. The Labute approximate surface area is 67.9 Å². The lowest BCUT2D eigenvalue weighted by Gasteiger charge is -2.26. The van der Waals surface area contributed by atoms with Crippen LogP contribution in [0.4, 0.5) is 0 Å². The molecule has 0 unspecified atom stereocenters. The molecule has 0 saturated carbocycles. The first-order chi connectivity index (χ1) is 5.27. The van der Waals surface area contributed by atoms with Gasteiger partial charge in [-0.05, 0) is 25.7 Å². The standard InChI is InChI=1S/C9H16O2/c1-3-7-5-6-8(4-2)11-9(7)10/h7-8H,3-6H2,1-2H3/t7-,8-/m1/s1. The van der Waals surface area contributed by atoms with Gasteiger partial charge in [0.15, 0.2) is 0 Å². The summed E-state index contributed by atoms with van der Waals surface area (Å²) in [7, 11) is 0. The van der Waals surface area contributed by atoms with Gasteiger partial charge in [0.1, 0.15) is 6.10 Å². The van der Waals surface area contributed by atoms with E-state index in [4.69, 9.17) is 4.74 Å². The fraction of sp³-hybridized carbons (Fsp3) is 0.889. The van der Waals surface area contributed by atoms with Crippen molar-refractivity contribution in [2.45, 2.75) is 45.6 Å². The number of carbonyl (C=O) groups excluding carboxylic acids is 1. The Morgan fingerprint density at radius 3 is 2.55 bits per heavy atom. The summed E-state index contributed by atoms with van der Waals surface area (Å²) in [5.41, 5.74) is 0. The molecule has 1 saturated heterocycles. The van der Waals surface area contributed by atoms with Crippen LogP contribution in [0.2, 0.25) is 0 Å². The van der Waals surface area contributed by atoms with Crippen molar-refractivity contribution in [3.05, 3.63) is 0 Å². The molecule has 1 heterocycles. The molecule has 0 aromatic rings.